The molecule has 1 aliphatic rings. The van der Waals surface area contributed by atoms with Crippen molar-refractivity contribution in [3.05, 3.63) is 29.8 Å². The normalized spacial score (nSPS) is 20.8. The van der Waals surface area contributed by atoms with Crippen LogP contribution in [0.15, 0.2) is 24.3 Å². The highest BCUT2D eigenvalue weighted by Gasteiger charge is 2.22. The van der Waals surface area contributed by atoms with Gasteiger partial charge in [0.2, 0.25) is 0 Å². The molecule has 2 rings (SSSR count). The second-order valence-corrected chi connectivity index (χ2v) is 5.69. The van der Waals surface area contributed by atoms with Crippen LogP contribution in [0.5, 0.6) is 5.75 Å². The van der Waals surface area contributed by atoms with E-state index in [0.29, 0.717) is 11.6 Å². The van der Waals surface area contributed by atoms with Gasteiger partial charge in [0.1, 0.15) is 5.75 Å². The second kappa shape index (κ2) is 9.70. The number of amides is 1. The van der Waals surface area contributed by atoms with E-state index >= 15 is 0 Å². The summed E-state index contributed by atoms with van der Waals surface area (Å²) in [6, 6.07) is 7.95. The van der Waals surface area contributed by atoms with Crippen molar-refractivity contribution >= 4 is 18.3 Å². The first-order valence-corrected chi connectivity index (χ1v) is 7.98. The van der Waals surface area contributed by atoms with E-state index in [0.717, 1.165) is 44.6 Å². The predicted molar refractivity (Wildman–Crippen MR) is 92.0 cm³/mol. The largest absolute Gasteiger partial charge is 0.494 e. The Morgan fingerprint density at radius 3 is 2.73 bits per heavy atom. The number of carbonyl (C=O) groups excluding carboxylic acids is 1. The molecule has 2 N–H and O–H groups in total. The van der Waals surface area contributed by atoms with Crippen molar-refractivity contribution < 1.29 is 9.53 Å². The molecule has 0 aromatic heterocycles. The Hall–Kier alpha value is -1.26. The van der Waals surface area contributed by atoms with E-state index in [1.807, 2.05) is 24.3 Å². The Kier molecular flexibility index (Phi) is 8.28. The van der Waals surface area contributed by atoms with Crippen molar-refractivity contribution in [2.75, 3.05) is 13.2 Å². The van der Waals surface area contributed by atoms with Gasteiger partial charge in [0, 0.05) is 17.6 Å². The lowest BCUT2D eigenvalue weighted by Gasteiger charge is -2.30. The molecule has 0 aliphatic carbocycles. The van der Waals surface area contributed by atoms with Gasteiger partial charge in [0.05, 0.1) is 6.61 Å². The van der Waals surface area contributed by atoms with Crippen molar-refractivity contribution in [3.63, 3.8) is 0 Å². The first kappa shape index (κ1) is 18.8. The molecule has 1 aromatic rings. The molecule has 1 saturated heterocycles. The maximum absolute atomic E-state index is 12.3. The first-order valence-electron chi connectivity index (χ1n) is 7.98. The summed E-state index contributed by atoms with van der Waals surface area (Å²) in [6.45, 7) is 6.03. The Morgan fingerprint density at radius 1 is 1.36 bits per heavy atom. The molecule has 5 heteroatoms. The molecule has 0 saturated carbocycles. The molecule has 1 heterocycles. The zero-order chi connectivity index (χ0) is 15.1. The maximum Gasteiger partial charge on any atom is 0.251 e. The number of ether oxygens (including phenoxy) is 1. The molecule has 2 atom stereocenters. The molecule has 22 heavy (non-hydrogen) atoms. The zero-order valence-electron chi connectivity index (χ0n) is 13.4. The number of hydrogen-bond donors (Lipinski definition) is 2. The van der Waals surface area contributed by atoms with Crippen LogP contribution in [0.4, 0.5) is 0 Å². The Bertz CT molecular complexity index is 450. The third kappa shape index (κ3) is 5.50. The second-order valence-electron chi connectivity index (χ2n) is 5.69. The van der Waals surface area contributed by atoms with Gasteiger partial charge in [-0.2, -0.15) is 0 Å². The number of halogens is 1. The molecule has 4 nitrogen and oxygen atoms in total. The maximum atomic E-state index is 12.3. The van der Waals surface area contributed by atoms with E-state index < -0.39 is 0 Å². The highest BCUT2D eigenvalue weighted by Crippen LogP contribution is 2.14. The molecule has 0 spiro atoms. The van der Waals surface area contributed by atoms with Crippen LogP contribution in [0.1, 0.15) is 49.9 Å². The SMILES string of the molecule is CCCCOc1ccc(C(=O)NC2CCCNC2C)cc1.Cl. The van der Waals surface area contributed by atoms with Crippen molar-refractivity contribution in [2.24, 2.45) is 0 Å². The number of unbranched alkanes of at least 4 members (excludes halogenated alkanes) is 1. The number of rotatable bonds is 6. The van der Waals surface area contributed by atoms with Crippen LogP contribution < -0.4 is 15.4 Å². The summed E-state index contributed by atoms with van der Waals surface area (Å²) < 4.78 is 5.61. The van der Waals surface area contributed by atoms with Gasteiger partial charge in [-0.25, -0.2) is 0 Å². The van der Waals surface area contributed by atoms with Crippen molar-refractivity contribution in [1.29, 1.82) is 0 Å². The molecular weight excluding hydrogens is 300 g/mol. The fourth-order valence-corrected chi connectivity index (χ4v) is 2.53. The quantitative estimate of drug-likeness (QED) is 0.789. The fourth-order valence-electron chi connectivity index (χ4n) is 2.53. The van der Waals surface area contributed by atoms with Crippen molar-refractivity contribution in [2.45, 2.75) is 51.6 Å². The Balaban J connectivity index is 0.00000242. The van der Waals surface area contributed by atoms with Crippen LogP contribution in [0.25, 0.3) is 0 Å². The minimum Gasteiger partial charge on any atom is -0.494 e. The standard InChI is InChI=1S/C17H26N2O2.ClH/c1-3-4-12-21-15-9-7-14(8-10-15)17(20)19-16-6-5-11-18-13(16)2;/h7-10,13,16,18H,3-6,11-12H2,1-2H3,(H,19,20);1H. The Morgan fingerprint density at radius 2 is 2.09 bits per heavy atom. The smallest absolute Gasteiger partial charge is 0.251 e. The summed E-state index contributed by atoms with van der Waals surface area (Å²) in [7, 11) is 0. The summed E-state index contributed by atoms with van der Waals surface area (Å²) in [5.41, 5.74) is 0.690. The molecule has 0 bridgehead atoms. The third-order valence-corrected chi connectivity index (χ3v) is 3.96. The van der Waals surface area contributed by atoms with Crippen molar-refractivity contribution in [1.82, 2.24) is 10.6 Å². The zero-order valence-corrected chi connectivity index (χ0v) is 14.2. The predicted octanol–water partition coefficient (Wildman–Crippen LogP) is 3.16. The Labute approximate surface area is 139 Å². The lowest BCUT2D eigenvalue weighted by molar-refractivity contribution is 0.0920. The van der Waals surface area contributed by atoms with Gasteiger partial charge >= 0.3 is 0 Å². The van der Waals surface area contributed by atoms with Gasteiger partial charge in [-0.05, 0) is 57.0 Å². The van der Waals surface area contributed by atoms with Gasteiger partial charge in [0.15, 0.2) is 0 Å². The summed E-state index contributed by atoms with van der Waals surface area (Å²) >= 11 is 0. The lowest BCUT2D eigenvalue weighted by Crippen LogP contribution is -2.51. The van der Waals surface area contributed by atoms with E-state index in [1.165, 1.54) is 0 Å². The minimum atomic E-state index is -0.00402. The van der Waals surface area contributed by atoms with Crippen LogP contribution in [0.2, 0.25) is 0 Å². The summed E-state index contributed by atoms with van der Waals surface area (Å²) in [4.78, 5) is 12.3. The average Bonchev–Trinajstić information content (AvgIpc) is 2.50. The number of piperidine rings is 1. The van der Waals surface area contributed by atoms with Gasteiger partial charge in [-0.1, -0.05) is 13.3 Å². The van der Waals surface area contributed by atoms with E-state index in [-0.39, 0.29) is 24.4 Å². The van der Waals surface area contributed by atoms with Crippen molar-refractivity contribution in [3.8, 4) is 5.75 Å². The summed E-state index contributed by atoms with van der Waals surface area (Å²) in [5, 5.41) is 6.51. The molecule has 1 aromatic carbocycles. The van der Waals surface area contributed by atoms with Gasteiger partial charge in [0.25, 0.3) is 5.91 Å². The fraction of sp³-hybridized carbons (Fsp3) is 0.588. The number of nitrogens with one attached hydrogen (secondary N) is 2. The molecule has 2 unspecified atom stereocenters. The van der Waals surface area contributed by atoms with E-state index in [2.05, 4.69) is 24.5 Å². The van der Waals surface area contributed by atoms with Crippen LogP contribution in [-0.4, -0.2) is 31.1 Å². The van der Waals surface area contributed by atoms with E-state index in [4.69, 9.17) is 4.74 Å². The number of benzene rings is 1. The van der Waals surface area contributed by atoms with Crippen LogP contribution in [0.3, 0.4) is 0 Å². The number of carbonyl (C=O) groups is 1. The summed E-state index contributed by atoms with van der Waals surface area (Å²) in [6.07, 6.45) is 4.32. The van der Waals surface area contributed by atoms with Gasteiger partial charge in [-0.15, -0.1) is 12.4 Å². The summed E-state index contributed by atoms with van der Waals surface area (Å²) in [5.74, 6) is 0.823. The van der Waals surface area contributed by atoms with Gasteiger partial charge in [-0.3, -0.25) is 4.79 Å². The van der Waals surface area contributed by atoms with Crippen LogP contribution in [-0.2, 0) is 0 Å². The van der Waals surface area contributed by atoms with Crippen LogP contribution in [0, 0.1) is 0 Å². The topological polar surface area (TPSA) is 50.4 Å². The molecule has 124 valence electrons. The van der Waals surface area contributed by atoms with Crippen LogP contribution >= 0.6 is 12.4 Å². The molecule has 1 aliphatic heterocycles. The highest BCUT2D eigenvalue weighted by molar-refractivity contribution is 5.94. The first-order chi connectivity index (χ1) is 10.2. The average molecular weight is 327 g/mol. The lowest BCUT2D eigenvalue weighted by atomic mass is 9.99. The molecule has 1 amide bonds. The molecular formula is C17H27ClN2O2. The third-order valence-electron chi connectivity index (χ3n) is 3.96. The molecule has 0 radical (unpaired) electrons. The number of hydrogen-bond acceptors (Lipinski definition) is 3. The molecule has 1 fully saturated rings. The van der Waals surface area contributed by atoms with E-state index in [1.54, 1.807) is 0 Å². The van der Waals surface area contributed by atoms with E-state index in [9.17, 15) is 4.79 Å². The van der Waals surface area contributed by atoms with Gasteiger partial charge < -0.3 is 15.4 Å². The monoisotopic (exact) mass is 326 g/mol. The highest BCUT2D eigenvalue weighted by atomic mass is 35.5. The minimum absolute atomic E-state index is 0.